The molecule has 4 aromatic rings. The predicted molar refractivity (Wildman–Crippen MR) is 142 cm³/mol. The highest BCUT2D eigenvalue weighted by Crippen LogP contribution is 2.30. The maximum absolute atomic E-state index is 12.5. The summed E-state index contributed by atoms with van der Waals surface area (Å²) in [5.41, 5.74) is 4.21. The van der Waals surface area contributed by atoms with Crippen LogP contribution in [-0.4, -0.2) is 32.9 Å². The molecule has 5 nitrogen and oxygen atoms in total. The van der Waals surface area contributed by atoms with Gasteiger partial charge < -0.3 is 9.88 Å². The molecule has 3 aromatic carbocycles. The number of carbonyl (C=O) groups excluding carboxylic acids is 1. The Morgan fingerprint density at radius 2 is 1.86 bits per heavy atom. The summed E-state index contributed by atoms with van der Waals surface area (Å²) in [6.45, 7) is 3.03. The van der Waals surface area contributed by atoms with E-state index in [0.717, 1.165) is 17.7 Å². The number of rotatable bonds is 7. The summed E-state index contributed by atoms with van der Waals surface area (Å²) in [5, 5.41) is 13.6. The van der Waals surface area contributed by atoms with Crippen LogP contribution in [0.3, 0.4) is 0 Å². The number of hydrogen-bond donors (Lipinski definition) is 1. The Hall–Kier alpha value is -3.17. The number of alkyl halides is 2. The van der Waals surface area contributed by atoms with Gasteiger partial charge in [-0.3, -0.25) is 4.79 Å². The van der Waals surface area contributed by atoms with Crippen molar-refractivity contribution in [3.63, 3.8) is 0 Å². The SMILES string of the molecule is CCn1c2ccccc2c2cc(/C=N\N=C3\NC(=O)[C@@H](Cc4ccc(SC(F)F)cc4)S3)ccc21. The fourth-order valence-corrected chi connectivity index (χ4v) is 5.71. The number of nitrogens with one attached hydrogen (secondary N) is 1. The van der Waals surface area contributed by atoms with Gasteiger partial charge in [-0.25, -0.2) is 0 Å². The predicted octanol–water partition coefficient (Wildman–Crippen LogP) is 6.29. The number of amides is 1. The molecule has 0 unspecified atom stereocenters. The van der Waals surface area contributed by atoms with Crippen molar-refractivity contribution in [1.29, 1.82) is 0 Å². The van der Waals surface area contributed by atoms with Gasteiger partial charge in [0.1, 0.15) is 0 Å². The van der Waals surface area contributed by atoms with Crippen LogP contribution in [0, 0.1) is 0 Å². The minimum Gasteiger partial charge on any atom is -0.341 e. The second-order valence-electron chi connectivity index (χ2n) is 8.01. The van der Waals surface area contributed by atoms with E-state index in [1.165, 1.54) is 33.6 Å². The fourth-order valence-electron chi connectivity index (χ4n) is 4.25. The number of halogens is 2. The first-order valence-electron chi connectivity index (χ1n) is 11.1. The number of aromatic nitrogens is 1. The zero-order chi connectivity index (χ0) is 24.4. The van der Waals surface area contributed by atoms with E-state index in [1.807, 2.05) is 18.2 Å². The Morgan fingerprint density at radius 1 is 1.09 bits per heavy atom. The molecule has 1 aromatic heterocycles. The van der Waals surface area contributed by atoms with E-state index in [2.05, 4.69) is 51.3 Å². The van der Waals surface area contributed by atoms with Crippen molar-refractivity contribution in [2.75, 3.05) is 0 Å². The van der Waals surface area contributed by atoms with Crippen molar-refractivity contribution in [1.82, 2.24) is 9.88 Å². The lowest BCUT2D eigenvalue weighted by molar-refractivity contribution is -0.118. The van der Waals surface area contributed by atoms with Gasteiger partial charge in [-0.15, -0.1) is 5.10 Å². The van der Waals surface area contributed by atoms with Crippen LogP contribution in [0.1, 0.15) is 18.1 Å². The zero-order valence-corrected chi connectivity index (χ0v) is 20.5. The monoisotopic (exact) mass is 508 g/mol. The number of hydrogen-bond acceptors (Lipinski definition) is 5. The Balaban J connectivity index is 1.28. The van der Waals surface area contributed by atoms with Crippen molar-refractivity contribution < 1.29 is 13.6 Å². The Bertz CT molecular complexity index is 1450. The molecule has 0 radical (unpaired) electrons. The van der Waals surface area contributed by atoms with E-state index >= 15 is 0 Å². The first-order chi connectivity index (χ1) is 17.0. The van der Waals surface area contributed by atoms with E-state index < -0.39 is 5.76 Å². The van der Waals surface area contributed by atoms with Crippen LogP contribution < -0.4 is 5.32 Å². The molecule has 1 fully saturated rings. The number of para-hydroxylation sites is 1. The van der Waals surface area contributed by atoms with Gasteiger partial charge in [0.15, 0.2) is 5.17 Å². The Morgan fingerprint density at radius 3 is 2.63 bits per heavy atom. The molecular weight excluding hydrogens is 486 g/mol. The highest BCUT2D eigenvalue weighted by molar-refractivity contribution is 8.15. The third-order valence-electron chi connectivity index (χ3n) is 5.81. The molecule has 1 saturated heterocycles. The first kappa shape index (κ1) is 23.6. The van der Waals surface area contributed by atoms with Gasteiger partial charge in [-0.05, 0) is 54.8 Å². The zero-order valence-electron chi connectivity index (χ0n) is 18.8. The van der Waals surface area contributed by atoms with E-state index in [0.29, 0.717) is 28.2 Å². The van der Waals surface area contributed by atoms with Crippen LogP contribution in [0.4, 0.5) is 8.78 Å². The Kier molecular flexibility index (Phi) is 6.88. The molecule has 1 aliphatic heterocycles. The molecular formula is C26H22F2N4OS2. The van der Waals surface area contributed by atoms with Gasteiger partial charge in [-0.1, -0.05) is 59.9 Å². The van der Waals surface area contributed by atoms with Crippen LogP contribution in [0.25, 0.3) is 21.8 Å². The summed E-state index contributed by atoms with van der Waals surface area (Å²) >= 11 is 1.83. The summed E-state index contributed by atoms with van der Waals surface area (Å²) in [5.74, 6) is -2.58. The fraction of sp³-hybridized carbons (Fsp3) is 0.192. The van der Waals surface area contributed by atoms with E-state index in [9.17, 15) is 13.6 Å². The van der Waals surface area contributed by atoms with Gasteiger partial charge >= 0.3 is 0 Å². The molecule has 178 valence electrons. The minimum atomic E-state index is -2.45. The normalized spacial score (nSPS) is 17.4. The molecule has 0 bridgehead atoms. The van der Waals surface area contributed by atoms with Crippen molar-refractivity contribution in [2.24, 2.45) is 10.2 Å². The molecule has 0 aliphatic carbocycles. The average molecular weight is 509 g/mol. The lowest BCUT2D eigenvalue weighted by Gasteiger charge is -2.06. The number of benzene rings is 3. The summed E-state index contributed by atoms with van der Waals surface area (Å²) < 4.78 is 27.3. The molecule has 1 atom stereocenters. The van der Waals surface area contributed by atoms with E-state index in [1.54, 1.807) is 30.5 Å². The average Bonchev–Trinajstić information content (AvgIpc) is 3.36. The van der Waals surface area contributed by atoms with Crippen LogP contribution in [-0.2, 0) is 17.8 Å². The third kappa shape index (κ3) is 5.11. The number of nitrogens with zero attached hydrogens (tertiary/aromatic N) is 3. The topological polar surface area (TPSA) is 58.8 Å². The smallest absolute Gasteiger partial charge is 0.288 e. The molecule has 5 rings (SSSR count). The van der Waals surface area contributed by atoms with E-state index in [-0.39, 0.29) is 11.2 Å². The van der Waals surface area contributed by atoms with Gasteiger partial charge in [0, 0.05) is 33.2 Å². The lowest BCUT2D eigenvalue weighted by Crippen LogP contribution is -2.25. The largest absolute Gasteiger partial charge is 0.341 e. The first-order valence-corrected chi connectivity index (χ1v) is 12.9. The number of fused-ring (bicyclic) bond motifs is 3. The molecule has 0 spiro atoms. The standard InChI is InChI=1S/C26H22F2N4OS2/c1-2-32-21-6-4-3-5-19(21)20-13-17(9-12-22(20)32)15-29-31-26-30-24(33)23(35-26)14-16-7-10-18(11-8-16)34-25(27)28/h3-13,15,23,25H,2,14H2,1H3,(H,30,31,33)/b29-15-/t23-/m1/s1. The van der Waals surface area contributed by atoms with Crippen LogP contribution in [0.5, 0.6) is 0 Å². The summed E-state index contributed by atoms with van der Waals surface area (Å²) in [6, 6.07) is 21.4. The Labute approximate surface area is 209 Å². The van der Waals surface area contributed by atoms with Crippen molar-refractivity contribution in [3.8, 4) is 0 Å². The van der Waals surface area contributed by atoms with Crippen molar-refractivity contribution >= 4 is 62.6 Å². The molecule has 1 N–H and O–H groups in total. The summed E-state index contributed by atoms with van der Waals surface area (Å²) in [7, 11) is 0. The maximum atomic E-state index is 12.5. The van der Waals surface area contributed by atoms with Crippen molar-refractivity contribution in [3.05, 3.63) is 77.9 Å². The van der Waals surface area contributed by atoms with Gasteiger partial charge in [0.05, 0.1) is 11.5 Å². The van der Waals surface area contributed by atoms with Crippen LogP contribution >= 0.6 is 23.5 Å². The quantitative estimate of drug-likeness (QED) is 0.181. The van der Waals surface area contributed by atoms with Gasteiger partial charge in [0.25, 0.3) is 5.76 Å². The second kappa shape index (κ2) is 10.2. The third-order valence-corrected chi connectivity index (χ3v) is 7.61. The van der Waals surface area contributed by atoms with Crippen LogP contribution in [0.15, 0.2) is 81.8 Å². The van der Waals surface area contributed by atoms with Crippen molar-refractivity contribution in [2.45, 2.75) is 35.8 Å². The van der Waals surface area contributed by atoms with Gasteiger partial charge in [-0.2, -0.15) is 13.9 Å². The number of amidine groups is 1. The summed E-state index contributed by atoms with van der Waals surface area (Å²) in [6.07, 6.45) is 2.17. The molecule has 2 heterocycles. The molecule has 35 heavy (non-hydrogen) atoms. The number of aryl methyl sites for hydroxylation is 1. The molecule has 1 aliphatic rings. The van der Waals surface area contributed by atoms with Gasteiger partial charge in [0.2, 0.25) is 5.91 Å². The maximum Gasteiger partial charge on any atom is 0.288 e. The van der Waals surface area contributed by atoms with E-state index in [4.69, 9.17) is 0 Å². The molecule has 9 heteroatoms. The highest BCUT2D eigenvalue weighted by atomic mass is 32.2. The lowest BCUT2D eigenvalue weighted by atomic mass is 10.1. The van der Waals surface area contributed by atoms with Crippen LogP contribution in [0.2, 0.25) is 0 Å². The number of thioether (sulfide) groups is 2. The summed E-state index contributed by atoms with van der Waals surface area (Å²) in [4.78, 5) is 12.9. The second-order valence-corrected chi connectivity index (χ2v) is 10.3. The molecule has 0 saturated carbocycles. The number of carbonyl (C=O) groups is 1. The molecule has 1 amide bonds. The highest BCUT2D eigenvalue weighted by Gasteiger charge is 2.30. The minimum absolute atomic E-state index is 0.135.